The molecular formula is C19H25F3O2. The highest BCUT2D eigenvalue weighted by Gasteiger charge is 2.35. The molecule has 1 aromatic carbocycles. The monoisotopic (exact) mass is 342 g/mol. The van der Waals surface area contributed by atoms with E-state index in [9.17, 15) is 18.0 Å². The van der Waals surface area contributed by atoms with E-state index in [1.165, 1.54) is 31.4 Å². The van der Waals surface area contributed by atoms with Crippen LogP contribution >= 0.6 is 0 Å². The van der Waals surface area contributed by atoms with E-state index in [4.69, 9.17) is 4.74 Å². The van der Waals surface area contributed by atoms with Gasteiger partial charge in [-0.15, -0.1) is 6.58 Å². The Hall–Kier alpha value is -1.78. The number of alkyl halides is 3. The number of ether oxygens (including phenoxy) is 1. The molecule has 0 amide bonds. The van der Waals surface area contributed by atoms with Gasteiger partial charge in [0.2, 0.25) is 0 Å². The number of carbonyl (C=O) groups excluding carboxylic acids is 1. The molecule has 0 aromatic heterocycles. The van der Waals surface area contributed by atoms with E-state index >= 15 is 0 Å². The lowest BCUT2D eigenvalue weighted by Crippen LogP contribution is -2.15. The van der Waals surface area contributed by atoms with Crippen LogP contribution in [0.3, 0.4) is 0 Å². The molecule has 0 radical (unpaired) electrons. The van der Waals surface area contributed by atoms with Gasteiger partial charge >= 0.3 is 12.1 Å². The average Bonchev–Trinajstić information content (AvgIpc) is 2.55. The normalized spacial score (nSPS) is 11.3. The van der Waals surface area contributed by atoms with Gasteiger partial charge in [-0.05, 0) is 31.4 Å². The van der Waals surface area contributed by atoms with Crippen LogP contribution in [0.5, 0.6) is 0 Å². The minimum Gasteiger partial charge on any atom is -0.462 e. The molecule has 0 aliphatic carbocycles. The molecule has 1 aromatic rings. The van der Waals surface area contributed by atoms with Crippen molar-refractivity contribution in [1.29, 1.82) is 0 Å². The van der Waals surface area contributed by atoms with Gasteiger partial charge in [-0.2, -0.15) is 13.2 Å². The molecule has 0 N–H and O–H groups in total. The Kier molecular flexibility index (Phi) is 9.20. The molecule has 0 atom stereocenters. The summed E-state index contributed by atoms with van der Waals surface area (Å²) in [6.07, 6.45) is 5.71. The van der Waals surface area contributed by atoms with Crippen LogP contribution in [0.25, 0.3) is 0 Å². The van der Waals surface area contributed by atoms with Gasteiger partial charge in [0.25, 0.3) is 0 Å². The fraction of sp³-hybridized carbons (Fsp3) is 0.526. The van der Waals surface area contributed by atoms with Gasteiger partial charge < -0.3 is 4.74 Å². The van der Waals surface area contributed by atoms with Crippen LogP contribution < -0.4 is 0 Å². The van der Waals surface area contributed by atoms with Crippen molar-refractivity contribution in [3.05, 3.63) is 48.0 Å². The number of hydrogen-bond acceptors (Lipinski definition) is 2. The molecule has 5 heteroatoms. The first kappa shape index (κ1) is 20.3. The summed E-state index contributed by atoms with van der Waals surface area (Å²) in [5.74, 6) is -0.910. The maximum atomic E-state index is 12.8. The van der Waals surface area contributed by atoms with Crippen molar-refractivity contribution in [2.24, 2.45) is 0 Å². The summed E-state index contributed by atoms with van der Waals surface area (Å²) in [5.41, 5.74) is -1.37. The first-order valence-corrected chi connectivity index (χ1v) is 8.41. The number of esters is 1. The highest BCUT2D eigenvalue weighted by atomic mass is 19.4. The minimum atomic E-state index is -4.55. The lowest BCUT2D eigenvalue weighted by molar-refractivity contribution is -0.138. The number of benzene rings is 1. The predicted octanol–water partition coefficient (Wildman–Crippen LogP) is 6.17. The van der Waals surface area contributed by atoms with Gasteiger partial charge in [-0.3, -0.25) is 0 Å². The van der Waals surface area contributed by atoms with Gasteiger partial charge in [0.1, 0.15) is 0 Å². The van der Waals surface area contributed by atoms with Crippen LogP contribution in [0.1, 0.15) is 67.3 Å². The van der Waals surface area contributed by atoms with Crippen molar-refractivity contribution in [1.82, 2.24) is 0 Å². The Labute approximate surface area is 141 Å². The summed E-state index contributed by atoms with van der Waals surface area (Å²) in [7, 11) is 0. The first-order valence-electron chi connectivity index (χ1n) is 8.41. The lowest BCUT2D eigenvalue weighted by atomic mass is 10.1. The van der Waals surface area contributed by atoms with Crippen LogP contribution in [0, 0.1) is 0 Å². The summed E-state index contributed by atoms with van der Waals surface area (Å²) in [6.45, 7) is 3.83. The molecule has 0 aliphatic heterocycles. The molecule has 0 fully saturated rings. The van der Waals surface area contributed by atoms with E-state index in [1.54, 1.807) is 0 Å². The van der Waals surface area contributed by atoms with E-state index in [0.29, 0.717) is 6.42 Å². The molecular weight excluding hydrogens is 317 g/mol. The fourth-order valence-electron chi connectivity index (χ4n) is 2.43. The highest BCUT2D eigenvalue weighted by molar-refractivity contribution is 5.91. The molecule has 134 valence electrons. The molecule has 24 heavy (non-hydrogen) atoms. The van der Waals surface area contributed by atoms with Crippen molar-refractivity contribution in [3.63, 3.8) is 0 Å². The maximum Gasteiger partial charge on any atom is 0.417 e. The molecule has 2 nitrogen and oxygen atoms in total. The average molecular weight is 342 g/mol. The zero-order chi connectivity index (χ0) is 17.8. The van der Waals surface area contributed by atoms with Gasteiger partial charge in [0.05, 0.1) is 17.7 Å². The van der Waals surface area contributed by atoms with Gasteiger partial charge in [0, 0.05) is 0 Å². The number of rotatable bonds is 11. The van der Waals surface area contributed by atoms with Crippen LogP contribution in [-0.2, 0) is 10.9 Å². The van der Waals surface area contributed by atoms with Crippen molar-refractivity contribution < 1.29 is 22.7 Å². The first-order chi connectivity index (χ1) is 11.5. The smallest absolute Gasteiger partial charge is 0.417 e. The number of unbranched alkanes of at least 4 members (excludes halogenated alkanes) is 7. The summed E-state index contributed by atoms with van der Waals surface area (Å²) >= 11 is 0. The van der Waals surface area contributed by atoms with E-state index in [-0.39, 0.29) is 6.61 Å². The van der Waals surface area contributed by atoms with Crippen LogP contribution in [-0.4, -0.2) is 12.6 Å². The Morgan fingerprint density at radius 2 is 1.58 bits per heavy atom. The molecule has 0 bridgehead atoms. The van der Waals surface area contributed by atoms with Crippen LogP contribution in [0.15, 0.2) is 36.9 Å². The number of carbonyl (C=O) groups is 1. The Morgan fingerprint density at radius 1 is 1.00 bits per heavy atom. The summed E-state index contributed by atoms with van der Waals surface area (Å²) in [5, 5.41) is 0. The third-order valence-corrected chi connectivity index (χ3v) is 3.74. The zero-order valence-corrected chi connectivity index (χ0v) is 13.9. The predicted molar refractivity (Wildman–Crippen MR) is 88.9 cm³/mol. The third kappa shape index (κ3) is 7.66. The number of halogens is 3. The maximum absolute atomic E-state index is 12.8. The van der Waals surface area contributed by atoms with Crippen LogP contribution in [0.2, 0.25) is 0 Å². The number of allylic oxidation sites excluding steroid dienone is 1. The summed E-state index contributed by atoms with van der Waals surface area (Å²) < 4.78 is 43.5. The van der Waals surface area contributed by atoms with Crippen molar-refractivity contribution in [2.75, 3.05) is 6.61 Å². The summed E-state index contributed by atoms with van der Waals surface area (Å²) in [4.78, 5) is 11.8. The van der Waals surface area contributed by atoms with E-state index in [0.717, 1.165) is 37.8 Å². The Balaban J connectivity index is 2.22. The second kappa shape index (κ2) is 10.9. The molecule has 0 unspecified atom stereocenters. The topological polar surface area (TPSA) is 26.3 Å². The Morgan fingerprint density at radius 3 is 2.21 bits per heavy atom. The third-order valence-electron chi connectivity index (χ3n) is 3.74. The number of hydrogen-bond donors (Lipinski definition) is 0. The van der Waals surface area contributed by atoms with Crippen molar-refractivity contribution in [2.45, 2.75) is 57.5 Å². The fourth-order valence-corrected chi connectivity index (χ4v) is 2.43. The Bertz CT molecular complexity index is 510. The summed E-state index contributed by atoms with van der Waals surface area (Å²) in [6, 6.07) is 4.70. The molecule has 0 heterocycles. The highest BCUT2D eigenvalue weighted by Crippen LogP contribution is 2.32. The molecule has 1 rings (SSSR count). The molecule has 0 saturated heterocycles. The van der Waals surface area contributed by atoms with Crippen LogP contribution in [0.4, 0.5) is 13.2 Å². The second-order valence-electron chi connectivity index (χ2n) is 5.73. The molecule has 0 saturated carbocycles. The largest absolute Gasteiger partial charge is 0.462 e. The molecule has 0 spiro atoms. The van der Waals surface area contributed by atoms with E-state index in [2.05, 4.69) is 6.58 Å². The standard InChI is InChI=1S/C19H25F3O2/c1-2-3-4-5-6-7-8-9-12-15-24-18(23)16-13-10-11-14-17(16)19(20,21)22/h2,10-11,13-14H,1,3-9,12,15H2. The van der Waals surface area contributed by atoms with Gasteiger partial charge in [-0.25, -0.2) is 4.79 Å². The molecule has 0 aliphatic rings. The van der Waals surface area contributed by atoms with E-state index in [1.807, 2.05) is 6.08 Å². The van der Waals surface area contributed by atoms with Crippen molar-refractivity contribution >= 4 is 5.97 Å². The van der Waals surface area contributed by atoms with Gasteiger partial charge in [-0.1, -0.05) is 50.3 Å². The quantitative estimate of drug-likeness (QED) is 0.273. The van der Waals surface area contributed by atoms with E-state index < -0.39 is 23.3 Å². The van der Waals surface area contributed by atoms with Crippen molar-refractivity contribution in [3.8, 4) is 0 Å². The SMILES string of the molecule is C=CCCCCCCCCCOC(=O)c1ccccc1C(F)(F)F. The lowest BCUT2D eigenvalue weighted by Gasteiger charge is -2.12. The zero-order valence-electron chi connectivity index (χ0n) is 13.9. The second-order valence-corrected chi connectivity index (χ2v) is 5.73. The van der Waals surface area contributed by atoms with Gasteiger partial charge in [0.15, 0.2) is 0 Å². The minimum absolute atomic E-state index is 0.154.